The summed E-state index contributed by atoms with van der Waals surface area (Å²) in [6.07, 6.45) is 1.05. The molecule has 0 spiro atoms. The SMILES string of the molecule is CN(C)CCCN(C)Cc1cc([N+](=O)[O-])ccc1Cl. The Labute approximate surface area is 118 Å². The molecule has 19 heavy (non-hydrogen) atoms. The summed E-state index contributed by atoms with van der Waals surface area (Å²) in [7, 11) is 6.07. The molecule has 1 aromatic rings. The maximum atomic E-state index is 10.7. The first-order valence-electron chi connectivity index (χ1n) is 6.16. The van der Waals surface area contributed by atoms with Gasteiger partial charge in [0.2, 0.25) is 0 Å². The zero-order chi connectivity index (χ0) is 14.4. The predicted molar refractivity (Wildman–Crippen MR) is 77.6 cm³/mol. The highest BCUT2D eigenvalue weighted by Crippen LogP contribution is 2.23. The van der Waals surface area contributed by atoms with Crippen LogP contribution in [0.25, 0.3) is 0 Å². The standard InChI is InChI=1S/C13H20ClN3O2/c1-15(2)7-4-8-16(3)10-11-9-12(17(18)19)5-6-13(11)14/h5-6,9H,4,7-8,10H2,1-3H3. The van der Waals surface area contributed by atoms with E-state index < -0.39 is 4.92 Å². The lowest BCUT2D eigenvalue weighted by Crippen LogP contribution is -2.23. The molecule has 0 aliphatic heterocycles. The molecule has 0 heterocycles. The lowest BCUT2D eigenvalue weighted by atomic mass is 10.2. The van der Waals surface area contributed by atoms with Gasteiger partial charge in [0.25, 0.3) is 5.69 Å². The van der Waals surface area contributed by atoms with Crippen molar-refractivity contribution in [3.63, 3.8) is 0 Å². The van der Waals surface area contributed by atoms with Gasteiger partial charge in [-0.3, -0.25) is 10.1 Å². The van der Waals surface area contributed by atoms with E-state index in [1.165, 1.54) is 6.07 Å². The molecule has 0 radical (unpaired) electrons. The van der Waals surface area contributed by atoms with E-state index >= 15 is 0 Å². The Hall–Kier alpha value is -1.17. The van der Waals surface area contributed by atoms with Gasteiger partial charge in [0.05, 0.1) is 4.92 Å². The molecule has 1 aromatic carbocycles. The molecule has 5 nitrogen and oxygen atoms in total. The zero-order valence-corrected chi connectivity index (χ0v) is 12.4. The van der Waals surface area contributed by atoms with Gasteiger partial charge in [-0.1, -0.05) is 11.6 Å². The molecule has 0 aliphatic carbocycles. The Morgan fingerprint density at radius 1 is 1.26 bits per heavy atom. The topological polar surface area (TPSA) is 49.6 Å². The summed E-state index contributed by atoms with van der Waals surface area (Å²) < 4.78 is 0. The van der Waals surface area contributed by atoms with Gasteiger partial charge in [-0.2, -0.15) is 0 Å². The summed E-state index contributed by atoms with van der Waals surface area (Å²) >= 11 is 6.07. The van der Waals surface area contributed by atoms with Crippen LogP contribution < -0.4 is 0 Å². The van der Waals surface area contributed by atoms with Crippen molar-refractivity contribution in [2.24, 2.45) is 0 Å². The lowest BCUT2D eigenvalue weighted by molar-refractivity contribution is -0.384. The van der Waals surface area contributed by atoms with E-state index in [4.69, 9.17) is 11.6 Å². The molecule has 0 amide bonds. The monoisotopic (exact) mass is 285 g/mol. The van der Waals surface area contributed by atoms with Crippen molar-refractivity contribution in [2.75, 3.05) is 34.2 Å². The Kier molecular flexibility index (Phi) is 6.21. The smallest absolute Gasteiger partial charge is 0.269 e. The molecule has 6 heteroatoms. The first-order valence-corrected chi connectivity index (χ1v) is 6.54. The molecule has 0 N–H and O–H groups in total. The highest BCUT2D eigenvalue weighted by atomic mass is 35.5. The van der Waals surface area contributed by atoms with E-state index in [-0.39, 0.29) is 5.69 Å². The van der Waals surface area contributed by atoms with Gasteiger partial charge in [0.15, 0.2) is 0 Å². The fourth-order valence-corrected chi connectivity index (χ4v) is 2.00. The van der Waals surface area contributed by atoms with Crippen molar-refractivity contribution in [1.82, 2.24) is 9.80 Å². The number of nitrogens with zero attached hydrogens (tertiary/aromatic N) is 3. The lowest BCUT2D eigenvalue weighted by Gasteiger charge is -2.18. The molecular formula is C13H20ClN3O2. The third-order valence-electron chi connectivity index (χ3n) is 2.83. The summed E-state index contributed by atoms with van der Waals surface area (Å²) in [4.78, 5) is 14.6. The Morgan fingerprint density at radius 2 is 1.95 bits per heavy atom. The molecule has 0 unspecified atom stereocenters. The maximum absolute atomic E-state index is 10.7. The molecule has 0 fully saturated rings. The van der Waals surface area contributed by atoms with Crippen LogP contribution >= 0.6 is 11.6 Å². The third-order valence-corrected chi connectivity index (χ3v) is 3.19. The Morgan fingerprint density at radius 3 is 2.53 bits per heavy atom. The van der Waals surface area contributed by atoms with Crippen molar-refractivity contribution in [3.05, 3.63) is 38.9 Å². The van der Waals surface area contributed by atoms with Crippen LogP contribution in [0, 0.1) is 10.1 Å². The van der Waals surface area contributed by atoms with Crippen molar-refractivity contribution >= 4 is 17.3 Å². The predicted octanol–water partition coefficient (Wildman–Crippen LogP) is 2.63. The van der Waals surface area contributed by atoms with Crippen LogP contribution in [0.5, 0.6) is 0 Å². The number of nitro groups is 1. The van der Waals surface area contributed by atoms with Gasteiger partial charge < -0.3 is 9.80 Å². The first-order chi connectivity index (χ1) is 8.90. The Balaban J connectivity index is 2.60. The van der Waals surface area contributed by atoms with E-state index in [2.05, 4.69) is 9.80 Å². The molecule has 0 aromatic heterocycles. The van der Waals surface area contributed by atoms with Crippen LogP contribution in [-0.2, 0) is 6.54 Å². The van der Waals surface area contributed by atoms with E-state index in [0.29, 0.717) is 11.6 Å². The summed E-state index contributed by atoms with van der Waals surface area (Å²) in [5.74, 6) is 0. The molecule has 0 saturated carbocycles. The fraction of sp³-hybridized carbons (Fsp3) is 0.538. The van der Waals surface area contributed by atoms with Gasteiger partial charge >= 0.3 is 0 Å². The van der Waals surface area contributed by atoms with Crippen LogP contribution in [0.15, 0.2) is 18.2 Å². The average molecular weight is 286 g/mol. The number of nitro benzene ring substituents is 1. The number of halogens is 1. The molecule has 1 rings (SSSR count). The van der Waals surface area contributed by atoms with Crippen LogP contribution in [0.2, 0.25) is 5.02 Å². The summed E-state index contributed by atoms with van der Waals surface area (Å²) in [6.45, 7) is 2.57. The van der Waals surface area contributed by atoms with Gasteiger partial charge in [-0.05, 0) is 52.3 Å². The number of non-ortho nitro benzene ring substituents is 1. The minimum absolute atomic E-state index is 0.0843. The largest absolute Gasteiger partial charge is 0.309 e. The van der Waals surface area contributed by atoms with Crippen molar-refractivity contribution < 1.29 is 4.92 Å². The van der Waals surface area contributed by atoms with Gasteiger partial charge in [-0.25, -0.2) is 0 Å². The van der Waals surface area contributed by atoms with Crippen molar-refractivity contribution in [3.8, 4) is 0 Å². The normalized spacial score (nSPS) is 11.3. The summed E-state index contributed by atoms with van der Waals surface area (Å²) in [6, 6.07) is 4.56. The van der Waals surface area contributed by atoms with Crippen LogP contribution in [0.3, 0.4) is 0 Å². The highest BCUT2D eigenvalue weighted by Gasteiger charge is 2.11. The second-order valence-electron chi connectivity index (χ2n) is 4.93. The molecule has 0 atom stereocenters. The van der Waals surface area contributed by atoms with E-state index in [9.17, 15) is 10.1 Å². The second-order valence-corrected chi connectivity index (χ2v) is 5.33. The fourth-order valence-electron chi connectivity index (χ4n) is 1.82. The Bertz CT molecular complexity index is 438. The van der Waals surface area contributed by atoms with Crippen molar-refractivity contribution in [2.45, 2.75) is 13.0 Å². The molecule has 0 bridgehead atoms. The van der Waals surface area contributed by atoms with E-state index in [1.54, 1.807) is 12.1 Å². The number of rotatable bonds is 7. The van der Waals surface area contributed by atoms with Gasteiger partial charge in [0, 0.05) is 23.7 Å². The molecule has 0 aliphatic rings. The second kappa shape index (κ2) is 7.43. The quantitative estimate of drug-likeness (QED) is 0.571. The zero-order valence-electron chi connectivity index (χ0n) is 11.6. The number of benzene rings is 1. The molecule has 0 saturated heterocycles. The van der Waals surface area contributed by atoms with Crippen molar-refractivity contribution in [1.29, 1.82) is 0 Å². The van der Waals surface area contributed by atoms with E-state index in [0.717, 1.165) is 25.1 Å². The number of hydrogen-bond acceptors (Lipinski definition) is 4. The molecular weight excluding hydrogens is 266 g/mol. The average Bonchev–Trinajstić information content (AvgIpc) is 2.31. The van der Waals surface area contributed by atoms with Crippen LogP contribution in [0.4, 0.5) is 5.69 Å². The minimum atomic E-state index is -0.397. The highest BCUT2D eigenvalue weighted by molar-refractivity contribution is 6.31. The molecule has 106 valence electrons. The third kappa shape index (κ3) is 5.55. The van der Waals surface area contributed by atoms with Crippen LogP contribution in [-0.4, -0.2) is 49.0 Å². The number of hydrogen-bond donors (Lipinski definition) is 0. The summed E-state index contributed by atoms with van der Waals surface area (Å²) in [5.41, 5.74) is 0.879. The minimum Gasteiger partial charge on any atom is -0.309 e. The van der Waals surface area contributed by atoms with Gasteiger partial charge in [-0.15, -0.1) is 0 Å². The first kappa shape index (κ1) is 15.9. The van der Waals surface area contributed by atoms with E-state index in [1.807, 2.05) is 21.1 Å². The summed E-state index contributed by atoms with van der Waals surface area (Å²) in [5, 5.41) is 11.3. The maximum Gasteiger partial charge on any atom is 0.269 e. The van der Waals surface area contributed by atoms with Gasteiger partial charge in [0.1, 0.15) is 0 Å². The van der Waals surface area contributed by atoms with Crippen LogP contribution in [0.1, 0.15) is 12.0 Å².